The summed E-state index contributed by atoms with van der Waals surface area (Å²) in [4.78, 5) is 14.2. The summed E-state index contributed by atoms with van der Waals surface area (Å²) < 4.78 is 25.0. The molecule has 1 aromatic rings. The number of sulfone groups is 1. The molecule has 1 N–H and O–H groups in total. The smallest absolute Gasteiger partial charge is 0.253 e. The van der Waals surface area contributed by atoms with Crippen molar-refractivity contribution in [3.63, 3.8) is 0 Å². The van der Waals surface area contributed by atoms with Crippen LogP contribution in [0.1, 0.15) is 20.8 Å². The molecule has 1 fully saturated rings. The van der Waals surface area contributed by atoms with Gasteiger partial charge in [0.15, 0.2) is 9.84 Å². The molecule has 22 heavy (non-hydrogen) atoms. The van der Waals surface area contributed by atoms with E-state index >= 15 is 0 Å². The summed E-state index contributed by atoms with van der Waals surface area (Å²) in [6, 6.07) is 8.14. The molecule has 0 aromatic heterocycles. The summed E-state index contributed by atoms with van der Waals surface area (Å²) in [6.45, 7) is 5.49. The Labute approximate surface area is 131 Å². The van der Waals surface area contributed by atoms with Crippen molar-refractivity contribution >= 4 is 15.7 Å². The molecule has 0 unspecified atom stereocenters. The lowest BCUT2D eigenvalue weighted by Gasteiger charge is -2.20. The second kappa shape index (κ2) is 6.12. The standard InChI is InChI=1S/C16H21NO4S/c1-11(2)17-9-13(15(12(3)18)16(17)19)10-22(20,21)14-7-5-4-6-8-14/h4-8,11,13,18H,9-10H2,1-3H3/b15-12+/t13-/m1/s1. The average Bonchev–Trinajstić information content (AvgIpc) is 2.76. The number of likely N-dealkylation sites (tertiary alicyclic amines) is 1. The van der Waals surface area contributed by atoms with Crippen LogP contribution in [0.5, 0.6) is 0 Å². The largest absolute Gasteiger partial charge is 0.512 e. The summed E-state index contributed by atoms with van der Waals surface area (Å²) >= 11 is 0. The maximum absolute atomic E-state index is 12.5. The topological polar surface area (TPSA) is 74.7 Å². The summed E-state index contributed by atoms with van der Waals surface area (Å²) in [6.07, 6.45) is 0. The molecule has 1 aliphatic heterocycles. The molecular weight excluding hydrogens is 302 g/mol. The molecule has 2 rings (SSSR count). The van der Waals surface area contributed by atoms with Gasteiger partial charge in [0.05, 0.1) is 22.0 Å². The molecule has 0 bridgehead atoms. The van der Waals surface area contributed by atoms with Gasteiger partial charge in [-0.15, -0.1) is 0 Å². The molecule has 0 radical (unpaired) electrons. The van der Waals surface area contributed by atoms with Crippen LogP contribution in [0.15, 0.2) is 46.6 Å². The number of benzene rings is 1. The van der Waals surface area contributed by atoms with Gasteiger partial charge in [-0.1, -0.05) is 18.2 Å². The van der Waals surface area contributed by atoms with E-state index in [1.807, 2.05) is 13.8 Å². The van der Waals surface area contributed by atoms with Gasteiger partial charge in [-0.25, -0.2) is 8.42 Å². The van der Waals surface area contributed by atoms with Crippen LogP contribution in [0.4, 0.5) is 0 Å². The van der Waals surface area contributed by atoms with Crippen molar-refractivity contribution in [2.24, 2.45) is 5.92 Å². The van der Waals surface area contributed by atoms with Gasteiger partial charge in [0.1, 0.15) is 0 Å². The molecule has 1 atom stereocenters. The number of nitrogens with zero attached hydrogens (tertiary/aromatic N) is 1. The minimum absolute atomic E-state index is 0.0359. The summed E-state index contributed by atoms with van der Waals surface area (Å²) in [5.74, 6) is -1.06. The number of aliphatic hydroxyl groups is 1. The highest BCUT2D eigenvalue weighted by atomic mass is 32.2. The van der Waals surface area contributed by atoms with E-state index in [1.54, 1.807) is 35.2 Å². The quantitative estimate of drug-likeness (QED) is 0.680. The Morgan fingerprint density at radius 2 is 1.91 bits per heavy atom. The number of allylic oxidation sites excluding steroid dienone is 1. The van der Waals surface area contributed by atoms with Crippen LogP contribution in [0, 0.1) is 5.92 Å². The molecule has 1 amide bonds. The first-order valence-corrected chi connectivity index (χ1v) is 8.87. The van der Waals surface area contributed by atoms with Crippen molar-refractivity contribution in [2.45, 2.75) is 31.7 Å². The second-order valence-electron chi connectivity index (χ2n) is 5.84. The number of amides is 1. The van der Waals surface area contributed by atoms with Gasteiger partial charge in [0.2, 0.25) is 0 Å². The van der Waals surface area contributed by atoms with E-state index in [0.717, 1.165) is 0 Å². The van der Waals surface area contributed by atoms with Crippen molar-refractivity contribution in [1.29, 1.82) is 0 Å². The van der Waals surface area contributed by atoms with Crippen LogP contribution >= 0.6 is 0 Å². The van der Waals surface area contributed by atoms with Crippen LogP contribution in [0.2, 0.25) is 0 Å². The number of rotatable bonds is 4. The Morgan fingerprint density at radius 3 is 2.41 bits per heavy atom. The minimum Gasteiger partial charge on any atom is -0.512 e. The van der Waals surface area contributed by atoms with Gasteiger partial charge in [-0.3, -0.25) is 4.79 Å². The Morgan fingerprint density at radius 1 is 1.32 bits per heavy atom. The first kappa shape index (κ1) is 16.5. The van der Waals surface area contributed by atoms with Crippen LogP contribution in [0.3, 0.4) is 0 Å². The molecule has 1 aromatic carbocycles. The van der Waals surface area contributed by atoms with E-state index < -0.39 is 15.8 Å². The van der Waals surface area contributed by atoms with Crippen molar-refractivity contribution in [3.8, 4) is 0 Å². The Balaban J connectivity index is 2.33. The molecule has 1 heterocycles. The normalized spacial score (nSPS) is 21.5. The van der Waals surface area contributed by atoms with E-state index in [-0.39, 0.29) is 33.9 Å². The highest BCUT2D eigenvalue weighted by Crippen LogP contribution is 2.30. The van der Waals surface area contributed by atoms with Crippen molar-refractivity contribution in [1.82, 2.24) is 4.90 Å². The fourth-order valence-corrected chi connectivity index (χ4v) is 4.33. The first-order valence-electron chi connectivity index (χ1n) is 7.22. The van der Waals surface area contributed by atoms with E-state index in [0.29, 0.717) is 6.54 Å². The van der Waals surface area contributed by atoms with Gasteiger partial charge in [-0.05, 0) is 32.9 Å². The second-order valence-corrected chi connectivity index (χ2v) is 7.88. The molecule has 1 aliphatic rings. The highest BCUT2D eigenvalue weighted by Gasteiger charge is 2.40. The third-order valence-electron chi connectivity index (χ3n) is 3.85. The van der Waals surface area contributed by atoms with Gasteiger partial charge in [-0.2, -0.15) is 0 Å². The maximum atomic E-state index is 12.5. The lowest BCUT2D eigenvalue weighted by Crippen LogP contribution is -2.32. The van der Waals surface area contributed by atoms with Crippen molar-refractivity contribution < 1.29 is 18.3 Å². The van der Waals surface area contributed by atoms with Crippen LogP contribution in [0.25, 0.3) is 0 Å². The van der Waals surface area contributed by atoms with E-state index in [4.69, 9.17) is 0 Å². The van der Waals surface area contributed by atoms with Gasteiger partial charge < -0.3 is 10.0 Å². The van der Waals surface area contributed by atoms with E-state index in [1.165, 1.54) is 6.92 Å². The predicted molar refractivity (Wildman–Crippen MR) is 84.2 cm³/mol. The fourth-order valence-electron chi connectivity index (χ4n) is 2.76. The van der Waals surface area contributed by atoms with Gasteiger partial charge in [0, 0.05) is 18.5 Å². The van der Waals surface area contributed by atoms with Gasteiger partial charge in [0.25, 0.3) is 5.91 Å². The number of carbonyl (C=O) groups excluding carboxylic acids is 1. The molecule has 0 spiro atoms. The summed E-state index contributed by atoms with van der Waals surface area (Å²) in [5, 5.41) is 9.80. The molecule has 0 aliphatic carbocycles. The molecule has 0 saturated carbocycles. The minimum atomic E-state index is -3.51. The monoisotopic (exact) mass is 323 g/mol. The van der Waals surface area contributed by atoms with E-state index in [2.05, 4.69) is 0 Å². The molecule has 6 heteroatoms. The molecule has 1 saturated heterocycles. The fraction of sp³-hybridized carbons (Fsp3) is 0.438. The third-order valence-corrected chi connectivity index (χ3v) is 5.68. The molecular formula is C16H21NO4S. The average molecular weight is 323 g/mol. The van der Waals surface area contributed by atoms with Crippen molar-refractivity contribution in [3.05, 3.63) is 41.7 Å². The van der Waals surface area contributed by atoms with E-state index in [9.17, 15) is 18.3 Å². The third kappa shape index (κ3) is 3.16. The Bertz CT molecular complexity index is 688. The SMILES string of the molecule is C/C(O)=C1\C(=O)N(C(C)C)C[C@@H]1CS(=O)(=O)c1ccccc1. The molecule has 5 nitrogen and oxygen atoms in total. The first-order chi connectivity index (χ1) is 10.2. The van der Waals surface area contributed by atoms with Gasteiger partial charge >= 0.3 is 0 Å². The maximum Gasteiger partial charge on any atom is 0.253 e. The van der Waals surface area contributed by atoms with Crippen LogP contribution in [-0.2, 0) is 14.6 Å². The lowest BCUT2D eigenvalue weighted by atomic mass is 10.0. The number of hydrogen-bond acceptors (Lipinski definition) is 4. The zero-order valence-corrected chi connectivity index (χ0v) is 13.8. The Kier molecular flexibility index (Phi) is 4.60. The number of carbonyl (C=O) groups is 1. The highest BCUT2D eigenvalue weighted by molar-refractivity contribution is 7.91. The summed E-state index contributed by atoms with van der Waals surface area (Å²) in [5.41, 5.74) is 0.216. The lowest BCUT2D eigenvalue weighted by molar-refractivity contribution is -0.126. The van der Waals surface area contributed by atoms with Crippen LogP contribution < -0.4 is 0 Å². The predicted octanol–water partition coefficient (Wildman–Crippen LogP) is 2.16. The number of hydrogen-bond donors (Lipinski definition) is 1. The Hall–Kier alpha value is -1.82. The molecule has 120 valence electrons. The summed E-state index contributed by atoms with van der Waals surface area (Å²) in [7, 11) is -3.51. The zero-order valence-electron chi connectivity index (χ0n) is 13.0. The van der Waals surface area contributed by atoms with Crippen molar-refractivity contribution in [2.75, 3.05) is 12.3 Å². The zero-order chi connectivity index (χ0) is 16.5. The number of aliphatic hydroxyl groups excluding tert-OH is 1. The van der Waals surface area contributed by atoms with Crippen LogP contribution in [-0.4, -0.2) is 42.7 Å².